The molecule has 0 atom stereocenters. The lowest BCUT2D eigenvalue weighted by Gasteiger charge is -2.07. The summed E-state index contributed by atoms with van der Waals surface area (Å²) < 4.78 is 5.50. The highest BCUT2D eigenvalue weighted by atomic mass is 16.5. The van der Waals surface area contributed by atoms with Crippen molar-refractivity contribution in [2.75, 3.05) is 0 Å². The molecule has 0 saturated carbocycles. The smallest absolute Gasteiger partial charge is 0.163 e. The van der Waals surface area contributed by atoms with E-state index >= 15 is 0 Å². The van der Waals surface area contributed by atoms with Crippen molar-refractivity contribution in [2.24, 2.45) is 0 Å². The van der Waals surface area contributed by atoms with Crippen molar-refractivity contribution in [3.63, 3.8) is 0 Å². The molecule has 92 valence electrons. The highest BCUT2D eigenvalue weighted by Gasteiger charge is 2.07. The quantitative estimate of drug-likeness (QED) is 0.838. The standard InChI is InChI=1S/C14H13NO3/c1-10(16)13-5-4-12(7-14(13)17)18-9-11-3-2-6-15-8-11/h2-8,17H,9H2,1H3. The first-order chi connectivity index (χ1) is 8.66. The average Bonchev–Trinajstić information content (AvgIpc) is 2.37. The number of aromatic hydroxyl groups is 1. The van der Waals surface area contributed by atoms with Crippen LogP contribution in [0.3, 0.4) is 0 Å². The van der Waals surface area contributed by atoms with Gasteiger partial charge in [-0.25, -0.2) is 0 Å². The summed E-state index contributed by atoms with van der Waals surface area (Å²) in [5.74, 6) is 0.277. The van der Waals surface area contributed by atoms with Crippen LogP contribution in [0.1, 0.15) is 22.8 Å². The summed E-state index contributed by atoms with van der Waals surface area (Å²) in [6.07, 6.45) is 3.40. The number of hydrogen-bond donors (Lipinski definition) is 1. The number of ketones is 1. The molecule has 1 aromatic heterocycles. The van der Waals surface area contributed by atoms with E-state index in [1.54, 1.807) is 24.5 Å². The Morgan fingerprint density at radius 3 is 2.83 bits per heavy atom. The van der Waals surface area contributed by atoms with Gasteiger partial charge in [0.25, 0.3) is 0 Å². The second-order valence-electron chi connectivity index (χ2n) is 3.89. The van der Waals surface area contributed by atoms with Crippen LogP contribution in [0.2, 0.25) is 0 Å². The van der Waals surface area contributed by atoms with Crippen LogP contribution in [-0.2, 0) is 6.61 Å². The molecule has 1 heterocycles. The van der Waals surface area contributed by atoms with Gasteiger partial charge in [0.2, 0.25) is 0 Å². The maximum absolute atomic E-state index is 11.1. The minimum Gasteiger partial charge on any atom is -0.507 e. The van der Waals surface area contributed by atoms with E-state index in [1.165, 1.54) is 13.0 Å². The van der Waals surface area contributed by atoms with Gasteiger partial charge >= 0.3 is 0 Å². The summed E-state index contributed by atoms with van der Waals surface area (Å²) in [5, 5.41) is 9.65. The molecule has 0 spiro atoms. The predicted octanol–water partition coefficient (Wildman–Crippen LogP) is 2.57. The van der Waals surface area contributed by atoms with E-state index < -0.39 is 0 Å². The van der Waals surface area contributed by atoms with Crippen molar-refractivity contribution in [2.45, 2.75) is 13.5 Å². The average molecular weight is 243 g/mol. The molecule has 0 amide bonds. The van der Waals surface area contributed by atoms with Crippen LogP contribution in [0.25, 0.3) is 0 Å². The molecule has 0 aliphatic rings. The van der Waals surface area contributed by atoms with Crippen LogP contribution >= 0.6 is 0 Å². The number of benzene rings is 1. The Morgan fingerprint density at radius 1 is 1.39 bits per heavy atom. The van der Waals surface area contributed by atoms with Gasteiger partial charge in [-0.2, -0.15) is 0 Å². The summed E-state index contributed by atoms with van der Waals surface area (Å²) in [5.41, 5.74) is 1.23. The lowest BCUT2D eigenvalue weighted by molar-refractivity contribution is 0.101. The second kappa shape index (κ2) is 5.31. The van der Waals surface area contributed by atoms with Crippen LogP contribution in [-0.4, -0.2) is 15.9 Å². The third-order valence-corrected chi connectivity index (χ3v) is 2.48. The minimum absolute atomic E-state index is 0.0637. The molecule has 18 heavy (non-hydrogen) atoms. The lowest BCUT2D eigenvalue weighted by Crippen LogP contribution is -1.97. The molecule has 0 saturated heterocycles. The highest BCUT2D eigenvalue weighted by molar-refractivity contribution is 5.96. The number of pyridine rings is 1. The number of ether oxygens (including phenoxy) is 1. The lowest BCUT2D eigenvalue weighted by atomic mass is 10.1. The van der Waals surface area contributed by atoms with Crippen LogP contribution in [0.5, 0.6) is 11.5 Å². The summed E-state index contributed by atoms with van der Waals surface area (Å²) in [6.45, 7) is 1.78. The minimum atomic E-state index is -0.175. The van der Waals surface area contributed by atoms with E-state index in [4.69, 9.17) is 4.74 Å². The van der Waals surface area contributed by atoms with Gasteiger partial charge in [0.1, 0.15) is 18.1 Å². The van der Waals surface area contributed by atoms with E-state index in [9.17, 15) is 9.90 Å². The molecule has 1 N–H and O–H groups in total. The van der Waals surface area contributed by atoms with Crippen LogP contribution in [0.4, 0.5) is 0 Å². The molecule has 0 fully saturated rings. The highest BCUT2D eigenvalue weighted by Crippen LogP contribution is 2.24. The zero-order chi connectivity index (χ0) is 13.0. The topological polar surface area (TPSA) is 59.4 Å². The number of Topliss-reactive ketones (excluding diaryl/α,β-unsaturated/α-hetero) is 1. The Morgan fingerprint density at radius 2 is 2.22 bits per heavy atom. The molecule has 4 heteroatoms. The molecule has 0 aliphatic carbocycles. The fourth-order valence-electron chi connectivity index (χ4n) is 1.55. The molecule has 2 rings (SSSR count). The van der Waals surface area contributed by atoms with Gasteiger partial charge in [-0.3, -0.25) is 9.78 Å². The Hall–Kier alpha value is -2.36. The SMILES string of the molecule is CC(=O)c1ccc(OCc2cccnc2)cc1O. The summed E-state index contributed by atoms with van der Waals surface area (Å²) in [7, 11) is 0. The Labute approximate surface area is 105 Å². The van der Waals surface area contributed by atoms with Crippen molar-refractivity contribution in [1.82, 2.24) is 4.98 Å². The van der Waals surface area contributed by atoms with Gasteiger partial charge < -0.3 is 9.84 Å². The number of rotatable bonds is 4. The molecule has 2 aromatic rings. The van der Waals surface area contributed by atoms with Crippen LogP contribution in [0.15, 0.2) is 42.7 Å². The van der Waals surface area contributed by atoms with Crippen LogP contribution in [0, 0.1) is 0 Å². The second-order valence-corrected chi connectivity index (χ2v) is 3.89. The van der Waals surface area contributed by atoms with Crippen molar-refractivity contribution in [1.29, 1.82) is 0 Å². The van der Waals surface area contributed by atoms with E-state index in [2.05, 4.69) is 4.98 Å². The summed E-state index contributed by atoms with van der Waals surface area (Å²) in [4.78, 5) is 15.1. The fourth-order valence-corrected chi connectivity index (χ4v) is 1.55. The van der Waals surface area contributed by atoms with E-state index in [0.29, 0.717) is 17.9 Å². The van der Waals surface area contributed by atoms with E-state index in [1.807, 2.05) is 12.1 Å². The normalized spacial score (nSPS) is 10.1. The van der Waals surface area contributed by atoms with Gasteiger partial charge in [-0.1, -0.05) is 6.07 Å². The van der Waals surface area contributed by atoms with Gasteiger partial charge in [0.15, 0.2) is 5.78 Å². The molecular weight excluding hydrogens is 230 g/mol. The molecule has 4 nitrogen and oxygen atoms in total. The van der Waals surface area contributed by atoms with Crippen molar-refractivity contribution >= 4 is 5.78 Å². The zero-order valence-corrected chi connectivity index (χ0v) is 9.96. The monoisotopic (exact) mass is 243 g/mol. The van der Waals surface area contributed by atoms with Gasteiger partial charge in [-0.05, 0) is 25.1 Å². The van der Waals surface area contributed by atoms with Gasteiger partial charge in [0.05, 0.1) is 5.56 Å². The number of nitrogens with zero attached hydrogens (tertiary/aromatic N) is 1. The zero-order valence-electron chi connectivity index (χ0n) is 9.96. The Kier molecular flexibility index (Phi) is 3.57. The maximum atomic E-state index is 11.1. The van der Waals surface area contributed by atoms with Crippen molar-refractivity contribution in [3.05, 3.63) is 53.9 Å². The van der Waals surface area contributed by atoms with Crippen molar-refractivity contribution in [3.8, 4) is 11.5 Å². The number of phenols is 1. The first-order valence-electron chi connectivity index (χ1n) is 5.52. The number of hydrogen-bond acceptors (Lipinski definition) is 4. The molecular formula is C14H13NO3. The third kappa shape index (κ3) is 2.85. The van der Waals surface area contributed by atoms with Crippen molar-refractivity contribution < 1.29 is 14.6 Å². The first-order valence-corrected chi connectivity index (χ1v) is 5.52. The largest absolute Gasteiger partial charge is 0.507 e. The number of carbonyl (C=O) groups is 1. The molecule has 1 aromatic carbocycles. The Balaban J connectivity index is 2.07. The summed E-state index contributed by atoms with van der Waals surface area (Å²) in [6, 6.07) is 8.38. The molecule has 0 aliphatic heterocycles. The predicted molar refractivity (Wildman–Crippen MR) is 66.7 cm³/mol. The van der Waals surface area contributed by atoms with E-state index in [-0.39, 0.29) is 11.5 Å². The molecule has 0 radical (unpaired) electrons. The molecule has 0 unspecified atom stereocenters. The molecule has 0 bridgehead atoms. The number of aromatic nitrogens is 1. The third-order valence-electron chi connectivity index (χ3n) is 2.48. The van der Waals surface area contributed by atoms with Gasteiger partial charge in [0, 0.05) is 24.0 Å². The van der Waals surface area contributed by atoms with E-state index in [0.717, 1.165) is 5.56 Å². The fraction of sp³-hybridized carbons (Fsp3) is 0.143. The summed E-state index contributed by atoms with van der Waals surface area (Å²) >= 11 is 0. The maximum Gasteiger partial charge on any atom is 0.163 e. The number of phenolic OH excluding ortho intramolecular Hbond substituents is 1. The Bertz CT molecular complexity index is 552. The van der Waals surface area contributed by atoms with Gasteiger partial charge in [-0.15, -0.1) is 0 Å². The first kappa shape index (κ1) is 12.1. The van der Waals surface area contributed by atoms with Crippen LogP contribution < -0.4 is 4.74 Å². The number of carbonyl (C=O) groups excluding carboxylic acids is 1.